The van der Waals surface area contributed by atoms with Gasteiger partial charge in [0.15, 0.2) is 18.1 Å². The van der Waals surface area contributed by atoms with Crippen molar-refractivity contribution >= 4 is 45.6 Å². The van der Waals surface area contributed by atoms with Crippen LogP contribution in [-0.2, 0) is 4.79 Å². The van der Waals surface area contributed by atoms with E-state index in [1.54, 1.807) is 60.7 Å². The summed E-state index contributed by atoms with van der Waals surface area (Å²) in [7, 11) is 0. The number of ether oxygens (including phenoxy) is 4. The molecule has 3 aromatic rings. The van der Waals surface area contributed by atoms with Gasteiger partial charge in [-0.15, -0.1) is 0 Å². The number of benzene rings is 3. The Balaban J connectivity index is 1.30. The molecule has 33 heavy (non-hydrogen) atoms. The van der Waals surface area contributed by atoms with Crippen LogP contribution in [0.5, 0.6) is 23.0 Å². The van der Waals surface area contributed by atoms with Crippen LogP contribution in [0.15, 0.2) is 70.2 Å². The lowest BCUT2D eigenvalue weighted by Gasteiger charge is -2.07. The lowest BCUT2D eigenvalue weighted by atomic mass is 10.2. The number of nitrogens with zero attached hydrogens (tertiary/aromatic N) is 1. The van der Waals surface area contributed by atoms with Crippen molar-refractivity contribution in [2.45, 2.75) is 0 Å². The van der Waals surface area contributed by atoms with Crippen LogP contribution in [0.3, 0.4) is 0 Å². The van der Waals surface area contributed by atoms with Crippen molar-refractivity contribution in [3.63, 3.8) is 0 Å². The maximum Gasteiger partial charge on any atom is 0.343 e. The largest absolute Gasteiger partial charge is 0.483 e. The predicted octanol–water partition coefficient (Wildman–Crippen LogP) is 4.58. The van der Waals surface area contributed by atoms with Crippen LogP contribution in [-0.4, -0.2) is 31.5 Å². The Hall–Kier alpha value is -3.56. The molecule has 8 nitrogen and oxygen atoms in total. The zero-order chi connectivity index (χ0) is 23.2. The summed E-state index contributed by atoms with van der Waals surface area (Å²) in [5.74, 6) is 0.894. The van der Waals surface area contributed by atoms with Gasteiger partial charge in [0.25, 0.3) is 5.91 Å². The van der Waals surface area contributed by atoms with Gasteiger partial charge in [-0.2, -0.15) is 5.10 Å². The predicted molar refractivity (Wildman–Crippen MR) is 124 cm³/mol. The average molecular weight is 532 g/mol. The van der Waals surface area contributed by atoms with Gasteiger partial charge in [-0.05, 0) is 70.0 Å². The van der Waals surface area contributed by atoms with Crippen molar-refractivity contribution in [3.05, 3.63) is 81.3 Å². The van der Waals surface area contributed by atoms with E-state index in [9.17, 15) is 9.59 Å². The summed E-state index contributed by atoms with van der Waals surface area (Å²) in [4.78, 5) is 24.4. The Kier molecular flexibility index (Phi) is 7.11. The van der Waals surface area contributed by atoms with Gasteiger partial charge < -0.3 is 18.9 Å². The van der Waals surface area contributed by atoms with Gasteiger partial charge in [-0.3, -0.25) is 4.79 Å². The van der Waals surface area contributed by atoms with Gasteiger partial charge in [0.05, 0.1) is 16.3 Å². The van der Waals surface area contributed by atoms with Crippen LogP contribution in [0.2, 0.25) is 5.02 Å². The number of amides is 1. The molecule has 1 amide bonds. The first kappa shape index (κ1) is 22.6. The van der Waals surface area contributed by atoms with Gasteiger partial charge in [0, 0.05) is 5.02 Å². The van der Waals surface area contributed by atoms with E-state index in [1.807, 2.05) is 0 Å². The number of nitrogens with one attached hydrogen (secondary N) is 1. The number of hydrazone groups is 1. The molecule has 1 heterocycles. The summed E-state index contributed by atoms with van der Waals surface area (Å²) in [5.41, 5.74) is 3.32. The molecule has 1 aliphatic rings. The minimum Gasteiger partial charge on any atom is -0.483 e. The molecule has 4 rings (SSSR count). The molecule has 0 unspecified atom stereocenters. The molecule has 0 aliphatic carbocycles. The van der Waals surface area contributed by atoms with Crippen molar-refractivity contribution in [1.29, 1.82) is 0 Å². The highest BCUT2D eigenvalue weighted by Crippen LogP contribution is 2.33. The van der Waals surface area contributed by atoms with Crippen molar-refractivity contribution in [1.82, 2.24) is 5.43 Å². The molecule has 0 fully saturated rings. The molecule has 0 spiro atoms. The highest BCUT2D eigenvalue weighted by Gasteiger charge is 2.17. The second-order valence-electron chi connectivity index (χ2n) is 6.69. The zero-order valence-electron chi connectivity index (χ0n) is 16.9. The summed E-state index contributed by atoms with van der Waals surface area (Å²) < 4.78 is 22.0. The van der Waals surface area contributed by atoms with Gasteiger partial charge in [0.1, 0.15) is 11.5 Å². The minimum absolute atomic E-state index is 0.122. The summed E-state index contributed by atoms with van der Waals surface area (Å²) in [6, 6.07) is 16.5. The number of hydrogen-bond acceptors (Lipinski definition) is 7. The van der Waals surface area contributed by atoms with E-state index in [0.29, 0.717) is 43.6 Å². The fourth-order valence-electron chi connectivity index (χ4n) is 2.79. The van der Waals surface area contributed by atoms with Crippen molar-refractivity contribution < 1.29 is 28.5 Å². The second kappa shape index (κ2) is 10.4. The van der Waals surface area contributed by atoms with Crippen LogP contribution in [0.4, 0.5) is 0 Å². The first-order valence-electron chi connectivity index (χ1n) is 9.59. The molecule has 10 heteroatoms. The molecule has 0 saturated heterocycles. The lowest BCUT2D eigenvalue weighted by Crippen LogP contribution is -2.24. The molecule has 3 aromatic carbocycles. The van der Waals surface area contributed by atoms with E-state index in [1.165, 1.54) is 6.21 Å². The van der Waals surface area contributed by atoms with E-state index in [2.05, 4.69) is 26.5 Å². The molecule has 1 aliphatic heterocycles. The topological polar surface area (TPSA) is 95.5 Å². The summed E-state index contributed by atoms with van der Waals surface area (Å²) in [5, 5.41) is 4.45. The normalized spacial score (nSPS) is 11.9. The van der Waals surface area contributed by atoms with Crippen molar-refractivity contribution in [2.24, 2.45) is 5.10 Å². The highest BCUT2D eigenvalue weighted by molar-refractivity contribution is 9.10. The molecule has 1 N–H and O–H groups in total. The summed E-state index contributed by atoms with van der Waals surface area (Å²) >= 11 is 9.19. The van der Waals surface area contributed by atoms with Crippen LogP contribution in [0, 0.1) is 0 Å². The Morgan fingerprint density at radius 3 is 2.79 bits per heavy atom. The first-order chi connectivity index (χ1) is 16.0. The number of fused-ring (bicyclic) bond motifs is 1. The summed E-state index contributed by atoms with van der Waals surface area (Å²) in [6.45, 7) is -0.110. The molecular weight excluding hydrogens is 516 g/mol. The Morgan fingerprint density at radius 2 is 1.94 bits per heavy atom. The SMILES string of the molecule is O=C(COc1ccc(Cl)cc1Br)NN=Cc1cccc(OC(=O)c2ccc3c(c2)OCO3)c1. The van der Waals surface area contributed by atoms with Crippen LogP contribution >= 0.6 is 27.5 Å². The number of halogens is 2. The molecule has 0 atom stereocenters. The number of carbonyl (C=O) groups is 2. The third kappa shape index (κ3) is 6.03. The smallest absolute Gasteiger partial charge is 0.343 e. The number of esters is 1. The fraction of sp³-hybridized carbons (Fsp3) is 0.0870. The van der Waals surface area contributed by atoms with Crippen LogP contribution < -0.4 is 24.4 Å². The number of carbonyl (C=O) groups excluding carboxylic acids is 2. The lowest BCUT2D eigenvalue weighted by molar-refractivity contribution is -0.123. The highest BCUT2D eigenvalue weighted by atomic mass is 79.9. The quantitative estimate of drug-likeness (QED) is 0.208. The molecule has 0 aromatic heterocycles. The van der Waals surface area contributed by atoms with Gasteiger partial charge in [0.2, 0.25) is 6.79 Å². The Bertz CT molecular complexity index is 1230. The standard InChI is InChI=1S/C23H16BrClN2O6/c24-18-10-16(25)5-7-19(18)30-12-22(28)27-26-11-14-2-1-3-17(8-14)33-23(29)15-4-6-20-21(9-15)32-13-31-20/h1-11H,12-13H2,(H,27,28). The third-order valence-electron chi connectivity index (χ3n) is 4.33. The second-order valence-corrected chi connectivity index (χ2v) is 7.98. The van der Waals surface area contributed by atoms with Gasteiger partial charge in [-0.1, -0.05) is 23.7 Å². The Labute approximate surface area is 202 Å². The van der Waals surface area contributed by atoms with Crippen LogP contribution in [0.25, 0.3) is 0 Å². The van der Waals surface area contributed by atoms with E-state index < -0.39 is 11.9 Å². The third-order valence-corrected chi connectivity index (χ3v) is 5.19. The zero-order valence-corrected chi connectivity index (χ0v) is 19.3. The Morgan fingerprint density at radius 1 is 1.09 bits per heavy atom. The first-order valence-corrected chi connectivity index (χ1v) is 10.8. The molecule has 0 bridgehead atoms. The number of rotatable bonds is 7. The van der Waals surface area contributed by atoms with E-state index in [-0.39, 0.29) is 13.4 Å². The average Bonchev–Trinajstić information content (AvgIpc) is 3.27. The van der Waals surface area contributed by atoms with Crippen molar-refractivity contribution in [3.8, 4) is 23.0 Å². The summed E-state index contributed by atoms with van der Waals surface area (Å²) in [6.07, 6.45) is 1.42. The van der Waals surface area contributed by atoms with E-state index >= 15 is 0 Å². The minimum atomic E-state index is -0.541. The fourth-order valence-corrected chi connectivity index (χ4v) is 3.59. The maximum atomic E-state index is 12.4. The monoisotopic (exact) mass is 530 g/mol. The maximum absolute atomic E-state index is 12.4. The van der Waals surface area contributed by atoms with Gasteiger partial charge >= 0.3 is 5.97 Å². The van der Waals surface area contributed by atoms with E-state index in [0.717, 1.165) is 0 Å². The van der Waals surface area contributed by atoms with Crippen LogP contribution in [0.1, 0.15) is 15.9 Å². The van der Waals surface area contributed by atoms with E-state index in [4.69, 9.17) is 30.5 Å². The molecular formula is C23H16BrClN2O6. The molecule has 0 radical (unpaired) electrons. The number of hydrogen-bond donors (Lipinski definition) is 1. The molecule has 0 saturated carbocycles. The molecule has 168 valence electrons. The van der Waals surface area contributed by atoms with Crippen molar-refractivity contribution in [2.75, 3.05) is 13.4 Å². The van der Waals surface area contributed by atoms with Gasteiger partial charge in [-0.25, -0.2) is 10.2 Å².